The molecule has 0 atom stereocenters. The molecule has 172 valence electrons. The van der Waals surface area contributed by atoms with Crippen LogP contribution in [0.25, 0.3) is 21.6 Å². The largest absolute Gasteiger partial charge is 0.469 e. The predicted molar refractivity (Wildman–Crippen MR) is 128 cm³/mol. The molecule has 0 spiro atoms. The summed E-state index contributed by atoms with van der Waals surface area (Å²) in [4.78, 5) is 31.0. The van der Waals surface area contributed by atoms with Gasteiger partial charge in [-0.1, -0.05) is 11.8 Å². The van der Waals surface area contributed by atoms with Crippen molar-refractivity contribution in [2.24, 2.45) is 7.05 Å². The number of hydrogen-bond donors (Lipinski definition) is 1. The van der Waals surface area contributed by atoms with Crippen molar-refractivity contribution >= 4 is 50.9 Å². The van der Waals surface area contributed by atoms with Crippen LogP contribution in [0.3, 0.4) is 0 Å². The fourth-order valence-electron chi connectivity index (χ4n) is 3.50. The Labute approximate surface area is 198 Å². The highest BCUT2D eigenvalue weighted by molar-refractivity contribution is 7.99. The average molecular weight is 486 g/mol. The lowest BCUT2D eigenvalue weighted by atomic mass is 10.1. The van der Waals surface area contributed by atoms with Crippen LogP contribution < -0.4 is 5.32 Å². The fourth-order valence-corrected chi connectivity index (χ4v) is 5.36. The zero-order valence-corrected chi connectivity index (χ0v) is 20.5. The van der Waals surface area contributed by atoms with Crippen molar-refractivity contribution in [2.45, 2.75) is 32.9 Å². The molecule has 1 amide bonds. The van der Waals surface area contributed by atoms with Gasteiger partial charge >= 0.3 is 5.97 Å². The highest BCUT2D eigenvalue weighted by atomic mass is 32.2. The molecule has 4 aromatic rings. The number of nitrogens with one attached hydrogen (secondary N) is 1. The van der Waals surface area contributed by atoms with Gasteiger partial charge in [-0.05, 0) is 45.4 Å². The lowest BCUT2D eigenvalue weighted by Crippen LogP contribution is -2.17. The maximum Gasteiger partial charge on any atom is 0.350 e. The quantitative estimate of drug-likeness (QED) is 0.300. The molecule has 0 radical (unpaired) electrons. The zero-order chi connectivity index (χ0) is 23.7. The molecule has 0 aromatic carbocycles. The van der Waals surface area contributed by atoms with Crippen LogP contribution in [0.2, 0.25) is 0 Å². The number of furan rings is 1. The summed E-state index contributed by atoms with van der Waals surface area (Å²) in [7, 11) is 1.84. The first-order valence-electron chi connectivity index (χ1n) is 10.2. The van der Waals surface area contributed by atoms with Crippen molar-refractivity contribution in [3.63, 3.8) is 0 Å². The van der Waals surface area contributed by atoms with Gasteiger partial charge in [-0.3, -0.25) is 4.79 Å². The topological polar surface area (TPSA) is 112 Å². The Bertz CT molecular complexity index is 1350. The van der Waals surface area contributed by atoms with Gasteiger partial charge in [0.15, 0.2) is 11.0 Å². The van der Waals surface area contributed by atoms with E-state index in [9.17, 15) is 9.59 Å². The molecule has 0 bridgehead atoms. The number of aryl methyl sites for hydroxylation is 3. The minimum Gasteiger partial charge on any atom is -0.469 e. The second-order valence-corrected chi connectivity index (χ2v) is 9.32. The first-order valence-corrected chi connectivity index (χ1v) is 12.0. The van der Waals surface area contributed by atoms with Crippen LogP contribution >= 0.6 is 23.1 Å². The molecule has 4 rings (SSSR count). The Morgan fingerprint density at radius 2 is 2.06 bits per heavy atom. The van der Waals surface area contributed by atoms with Crippen LogP contribution in [-0.4, -0.2) is 44.0 Å². The maximum atomic E-state index is 12.9. The summed E-state index contributed by atoms with van der Waals surface area (Å²) in [6.07, 6.45) is 1.60. The number of thiophene rings is 1. The van der Waals surface area contributed by atoms with E-state index >= 15 is 0 Å². The third-order valence-electron chi connectivity index (χ3n) is 4.98. The molecule has 4 aromatic heterocycles. The number of carbonyl (C=O) groups is 2. The predicted octanol–water partition coefficient (Wildman–Crippen LogP) is 4.52. The van der Waals surface area contributed by atoms with E-state index in [1.807, 2.05) is 44.5 Å². The summed E-state index contributed by atoms with van der Waals surface area (Å²) in [6, 6.07) is 3.75. The Morgan fingerprint density at radius 1 is 1.27 bits per heavy atom. The maximum absolute atomic E-state index is 12.9. The Hall–Kier alpha value is -3.18. The lowest BCUT2D eigenvalue weighted by Gasteiger charge is -2.08. The van der Waals surface area contributed by atoms with Gasteiger partial charge in [-0.15, -0.1) is 21.5 Å². The van der Waals surface area contributed by atoms with E-state index in [-0.39, 0.29) is 18.3 Å². The number of pyridine rings is 1. The van der Waals surface area contributed by atoms with Crippen molar-refractivity contribution < 1.29 is 18.7 Å². The van der Waals surface area contributed by atoms with Gasteiger partial charge in [0.2, 0.25) is 5.91 Å². The third kappa shape index (κ3) is 4.51. The van der Waals surface area contributed by atoms with Crippen molar-refractivity contribution in [3.05, 3.63) is 40.3 Å². The molecule has 0 aliphatic carbocycles. The van der Waals surface area contributed by atoms with Crippen LogP contribution in [0.4, 0.5) is 5.69 Å². The molecular formula is C22H23N5O4S2. The summed E-state index contributed by atoms with van der Waals surface area (Å²) in [5, 5.41) is 12.7. The van der Waals surface area contributed by atoms with Gasteiger partial charge in [-0.25, -0.2) is 9.78 Å². The molecular weight excluding hydrogens is 462 g/mol. The summed E-state index contributed by atoms with van der Waals surface area (Å²) < 4.78 is 12.4. The van der Waals surface area contributed by atoms with E-state index < -0.39 is 5.97 Å². The van der Waals surface area contributed by atoms with E-state index in [0.29, 0.717) is 26.4 Å². The van der Waals surface area contributed by atoms with Gasteiger partial charge < -0.3 is 19.0 Å². The number of aromatic nitrogens is 4. The third-order valence-corrected chi connectivity index (χ3v) is 7.06. The van der Waals surface area contributed by atoms with Crippen molar-refractivity contribution in [3.8, 4) is 11.4 Å². The van der Waals surface area contributed by atoms with Crippen LogP contribution in [0.5, 0.6) is 0 Å². The van der Waals surface area contributed by atoms with Gasteiger partial charge in [0.1, 0.15) is 15.5 Å². The van der Waals surface area contributed by atoms with Crippen LogP contribution in [0.15, 0.2) is 28.0 Å². The first kappa shape index (κ1) is 23.0. The summed E-state index contributed by atoms with van der Waals surface area (Å²) in [6.45, 7) is 7.67. The normalized spacial score (nSPS) is 11.2. The molecule has 4 heterocycles. The molecule has 1 N–H and O–H groups in total. The number of esters is 1. The molecule has 9 nitrogen and oxygen atoms in total. The van der Waals surface area contributed by atoms with Gasteiger partial charge in [0, 0.05) is 18.1 Å². The Balaban J connectivity index is 1.56. The van der Waals surface area contributed by atoms with Crippen LogP contribution in [0.1, 0.15) is 33.6 Å². The number of amides is 1. The molecule has 0 saturated carbocycles. The first-order chi connectivity index (χ1) is 15.8. The highest BCUT2D eigenvalue weighted by Gasteiger charge is 2.24. The number of rotatable bonds is 7. The smallest absolute Gasteiger partial charge is 0.350 e. The van der Waals surface area contributed by atoms with E-state index in [4.69, 9.17) is 9.15 Å². The monoisotopic (exact) mass is 485 g/mol. The molecule has 11 heteroatoms. The molecule has 0 fully saturated rings. The van der Waals surface area contributed by atoms with Crippen LogP contribution in [0, 0.1) is 20.8 Å². The number of fused-ring (bicyclic) bond motifs is 1. The lowest BCUT2D eigenvalue weighted by molar-refractivity contribution is -0.113. The second kappa shape index (κ2) is 9.36. The number of anilines is 1. The Morgan fingerprint density at radius 3 is 2.76 bits per heavy atom. The van der Waals surface area contributed by atoms with Gasteiger partial charge in [0.05, 0.1) is 29.9 Å². The highest BCUT2D eigenvalue weighted by Crippen LogP contribution is 2.38. The average Bonchev–Trinajstić information content (AvgIpc) is 3.44. The van der Waals surface area contributed by atoms with E-state index in [1.54, 1.807) is 13.2 Å². The van der Waals surface area contributed by atoms with E-state index in [1.165, 1.54) is 23.1 Å². The second-order valence-electron chi connectivity index (χ2n) is 7.38. The summed E-state index contributed by atoms with van der Waals surface area (Å²) in [5.74, 6) is 0.751. The number of carbonyl (C=O) groups excluding carboxylic acids is 2. The minimum absolute atomic E-state index is 0.0916. The molecule has 0 aliphatic heterocycles. The van der Waals surface area contributed by atoms with Crippen molar-refractivity contribution in [2.75, 3.05) is 17.7 Å². The van der Waals surface area contributed by atoms with Crippen molar-refractivity contribution in [1.82, 2.24) is 19.7 Å². The molecule has 0 unspecified atom stereocenters. The fraction of sp³-hybridized carbons (Fsp3) is 0.318. The standard InChI is InChI=1S/C22H23N5O4S2/c1-6-30-21(29)18-17(16-11(2)9-12(3)23-20(16)33-18)24-15(28)10-32-22-26-25-19(27(22)5)14-7-8-31-13(14)4/h7-9H,6,10H2,1-5H3,(H,24,28). The van der Waals surface area contributed by atoms with E-state index in [2.05, 4.69) is 20.5 Å². The molecule has 0 saturated heterocycles. The van der Waals surface area contributed by atoms with Crippen LogP contribution in [-0.2, 0) is 16.6 Å². The number of hydrogen-bond acceptors (Lipinski definition) is 9. The minimum atomic E-state index is -0.478. The zero-order valence-electron chi connectivity index (χ0n) is 18.9. The van der Waals surface area contributed by atoms with Gasteiger partial charge in [-0.2, -0.15) is 0 Å². The number of ether oxygens (including phenoxy) is 1. The van der Waals surface area contributed by atoms with Crippen molar-refractivity contribution in [1.29, 1.82) is 0 Å². The Kier molecular flexibility index (Phi) is 6.52. The molecule has 33 heavy (non-hydrogen) atoms. The molecule has 0 aliphatic rings. The van der Waals surface area contributed by atoms with Gasteiger partial charge in [0.25, 0.3) is 0 Å². The van der Waals surface area contributed by atoms with E-state index in [0.717, 1.165) is 28.0 Å². The number of thioether (sulfide) groups is 1. The summed E-state index contributed by atoms with van der Waals surface area (Å²) >= 11 is 2.48. The number of nitrogens with zero attached hydrogens (tertiary/aromatic N) is 4. The summed E-state index contributed by atoms with van der Waals surface area (Å²) in [5.41, 5.74) is 3.07. The SMILES string of the molecule is CCOC(=O)c1sc2nc(C)cc(C)c2c1NC(=O)CSc1nnc(-c2ccoc2C)n1C.